The molecule has 0 saturated heterocycles. The van der Waals surface area contributed by atoms with Crippen LogP contribution in [0.4, 0.5) is 5.69 Å². The third-order valence-corrected chi connectivity index (χ3v) is 4.34. The van der Waals surface area contributed by atoms with Crippen molar-refractivity contribution in [3.8, 4) is 0 Å². The number of tetrazole rings is 1. The number of rotatable bonds is 5. The van der Waals surface area contributed by atoms with Gasteiger partial charge in [0.1, 0.15) is 0 Å². The maximum atomic E-state index is 5.71. The van der Waals surface area contributed by atoms with Gasteiger partial charge in [-0.3, -0.25) is 0 Å². The van der Waals surface area contributed by atoms with Crippen LogP contribution < -0.4 is 5.73 Å². The van der Waals surface area contributed by atoms with E-state index in [9.17, 15) is 0 Å². The summed E-state index contributed by atoms with van der Waals surface area (Å²) < 4.78 is 2.85. The second kappa shape index (κ2) is 6.19. The minimum absolute atomic E-state index is 0.746. The van der Waals surface area contributed by atoms with Crippen LogP contribution in [-0.2, 0) is 12.3 Å². The minimum Gasteiger partial charge on any atom is -0.399 e. The smallest absolute Gasteiger partial charge is 0.161 e. The zero-order valence-electron chi connectivity index (χ0n) is 10.0. The van der Waals surface area contributed by atoms with Crippen LogP contribution in [0, 0.1) is 0 Å². The van der Waals surface area contributed by atoms with E-state index >= 15 is 0 Å². The highest BCUT2D eigenvalue weighted by Gasteiger charge is 2.07. The molecule has 2 aromatic rings. The summed E-state index contributed by atoms with van der Waals surface area (Å²) >= 11 is 5.19. The highest BCUT2D eigenvalue weighted by atomic mass is 79.9. The molecule has 0 amide bonds. The SMILES string of the molecule is CCCn1nnnc1CSc1ccc(N)cc1Br. The Morgan fingerprint density at radius 3 is 3.00 bits per heavy atom. The molecule has 2 N–H and O–H groups in total. The van der Waals surface area contributed by atoms with Gasteiger partial charge in [-0.2, -0.15) is 0 Å². The van der Waals surface area contributed by atoms with E-state index in [0.717, 1.165) is 39.6 Å². The van der Waals surface area contributed by atoms with Crippen LogP contribution in [0.25, 0.3) is 0 Å². The van der Waals surface area contributed by atoms with E-state index in [2.05, 4.69) is 38.4 Å². The number of nitrogens with two attached hydrogens (primary N) is 1. The molecule has 1 aromatic heterocycles. The molecule has 1 aromatic carbocycles. The van der Waals surface area contributed by atoms with Crippen LogP contribution in [0.1, 0.15) is 19.2 Å². The standard InChI is InChI=1S/C11H14BrN5S/c1-2-5-17-11(14-15-16-17)7-18-10-4-3-8(13)6-9(10)12/h3-4,6H,2,5,7,13H2,1H3. The summed E-state index contributed by atoms with van der Waals surface area (Å²) in [4.78, 5) is 1.13. The summed E-state index contributed by atoms with van der Waals surface area (Å²) in [6.45, 7) is 2.96. The van der Waals surface area contributed by atoms with E-state index in [4.69, 9.17) is 5.73 Å². The molecular formula is C11H14BrN5S. The van der Waals surface area contributed by atoms with Crippen LogP contribution in [-0.4, -0.2) is 20.2 Å². The summed E-state index contributed by atoms with van der Waals surface area (Å²) in [6.07, 6.45) is 1.02. The molecule has 0 bridgehead atoms. The summed E-state index contributed by atoms with van der Waals surface area (Å²) in [6, 6.07) is 5.79. The lowest BCUT2D eigenvalue weighted by atomic mass is 10.3. The molecule has 0 radical (unpaired) electrons. The van der Waals surface area contributed by atoms with Crippen molar-refractivity contribution in [1.82, 2.24) is 20.2 Å². The van der Waals surface area contributed by atoms with Gasteiger partial charge in [0.05, 0.1) is 5.75 Å². The number of nitrogens with zero attached hydrogens (tertiary/aromatic N) is 4. The fourth-order valence-corrected chi connectivity index (χ4v) is 3.08. The number of hydrogen-bond donors (Lipinski definition) is 1. The second-order valence-electron chi connectivity index (χ2n) is 3.80. The third kappa shape index (κ3) is 3.23. The first-order chi connectivity index (χ1) is 8.70. The van der Waals surface area contributed by atoms with Crippen molar-refractivity contribution < 1.29 is 0 Å². The molecule has 5 nitrogen and oxygen atoms in total. The average Bonchev–Trinajstić information content (AvgIpc) is 2.76. The van der Waals surface area contributed by atoms with E-state index < -0.39 is 0 Å². The number of anilines is 1. The Labute approximate surface area is 118 Å². The highest BCUT2D eigenvalue weighted by Crippen LogP contribution is 2.30. The van der Waals surface area contributed by atoms with Gasteiger partial charge >= 0.3 is 0 Å². The first-order valence-electron chi connectivity index (χ1n) is 5.63. The highest BCUT2D eigenvalue weighted by molar-refractivity contribution is 9.10. The maximum absolute atomic E-state index is 5.71. The fraction of sp³-hybridized carbons (Fsp3) is 0.364. The molecule has 0 atom stereocenters. The van der Waals surface area contributed by atoms with Gasteiger partial charge in [-0.25, -0.2) is 4.68 Å². The normalized spacial score (nSPS) is 10.8. The molecule has 96 valence electrons. The number of aryl methyl sites for hydroxylation is 1. The van der Waals surface area contributed by atoms with Crippen molar-refractivity contribution in [3.63, 3.8) is 0 Å². The van der Waals surface area contributed by atoms with E-state index in [1.165, 1.54) is 0 Å². The van der Waals surface area contributed by atoms with Crippen molar-refractivity contribution in [2.24, 2.45) is 0 Å². The number of nitrogen functional groups attached to an aromatic ring is 1. The first-order valence-corrected chi connectivity index (χ1v) is 7.41. The minimum atomic E-state index is 0.746. The van der Waals surface area contributed by atoms with E-state index in [0.29, 0.717) is 0 Å². The Morgan fingerprint density at radius 2 is 2.28 bits per heavy atom. The molecule has 2 rings (SSSR count). The van der Waals surface area contributed by atoms with Gasteiger partial charge in [-0.15, -0.1) is 16.9 Å². The van der Waals surface area contributed by atoms with Gasteiger partial charge in [0.25, 0.3) is 0 Å². The number of benzene rings is 1. The van der Waals surface area contributed by atoms with Crippen LogP contribution in [0.5, 0.6) is 0 Å². The number of halogens is 1. The van der Waals surface area contributed by atoms with Crippen LogP contribution in [0.2, 0.25) is 0 Å². The first kappa shape index (κ1) is 13.4. The zero-order chi connectivity index (χ0) is 13.0. The van der Waals surface area contributed by atoms with Gasteiger partial charge in [-0.1, -0.05) is 6.92 Å². The van der Waals surface area contributed by atoms with E-state index in [-0.39, 0.29) is 0 Å². The van der Waals surface area contributed by atoms with Crippen molar-refractivity contribution in [1.29, 1.82) is 0 Å². The van der Waals surface area contributed by atoms with Gasteiger partial charge in [-0.05, 0) is 51.0 Å². The fourth-order valence-electron chi connectivity index (χ4n) is 1.49. The summed E-state index contributed by atoms with van der Waals surface area (Å²) in [5.74, 6) is 1.64. The Morgan fingerprint density at radius 1 is 1.44 bits per heavy atom. The topological polar surface area (TPSA) is 69.6 Å². The Hall–Kier alpha value is -1.08. The number of aromatic nitrogens is 4. The quantitative estimate of drug-likeness (QED) is 0.675. The van der Waals surface area contributed by atoms with Gasteiger partial charge in [0.2, 0.25) is 0 Å². The second-order valence-corrected chi connectivity index (χ2v) is 5.67. The molecule has 0 unspecified atom stereocenters. The summed E-state index contributed by atoms with van der Waals surface area (Å²) in [5.41, 5.74) is 6.46. The van der Waals surface area contributed by atoms with Crippen molar-refractivity contribution in [3.05, 3.63) is 28.5 Å². The van der Waals surface area contributed by atoms with Gasteiger partial charge in [0.15, 0.2) is 5.82 Å². The Balaban J connectivity index is 2.04. The molecule has 1 heterocycles. The van der Waals surface area contributed by atoms with Gasteiger partial charge < -0.3 is 5.73 Å². The molecular weight excluding hydrogens is 314 g/mol. The molecule has 7 heteroatoms. The predicted molar refractivity (Wildman–Crippen MR) is 76.2 cm³/mol. The lowest BCUT2D eigenvalue weighted by Crippen LogP contribution is -2.04. The van der Waals surface area contributed by atoms with Crippen LogP contribution in [0.3, 0.4) is 0 Å². The molecule has 0 aliphatic carbocycles. The maximum Gasteiger partial charge on any atom is 0.161 e. The summed E-state index contributed by atoms with van der Waals surface area (Å²) in [7, 11) is 0. The third-order valence-electron chi connectivity index (χ3n) is 2.35. The van der Waals surface area contributed by atoms with Crippen molar-refractivity contribution in [2.45, 2.75) is 30.5 Å². The Bertz CT molecular complexity index is 528. The lowest BCUT2D eigenvalue weighted by molar-refractivity contribution is 0.564. The average molecular weight is 328 g/mol. The summed E-state index contributed by atoms with van der Waals surface area (Å²) in [5, 5.41) is 11.7. The molecule has 0 aliphatic rings. The monoisotopic (exact) mass is 327 g/mol. The molecule has 0 fully saturated rings. The molecule has 0 saturated carbocycles. The van der Waals surface area contributed by atoms with Crippen molar-refractivity contribution in [2.75, 3.05) is 5.73 Å². The van der Waals surface area contributed by atoms with E-state index in [1.807, 2.05) is 22.9 Å². The van der Waals surface area contributed by atoms with Gasteiger partial charge in [0, 0.05) is 21.6 Å². The molecule has 0 spiro atoms. The predicted octanol–water partition coefficient (Wildman–Crippen LogP) is 2.72. The van der Waals surface area contributed by atoms with E-state index in [1.54, 1.807) is 11.8 Å². The Kier molecular flexibility index (Phi) is 4.60. The largest absolute Gasteiger partial charge is 0.399 e. The lowest BCUT2D eigenvalue weighted by Gasteiger charge is -2.05. The number of hydrogen-bond acceptors (Lipinski definition) is 5. The number of thioether (sulfide) groups is 1. The van der Waals surface area contributed by atoms with Crippen LogP contribution in [0.15, 0.2) is 27.6 Å². The molecule has 18 heavy (non-hydrogen) atoms. The van der Waals surface area contributed by atoms with Crippen molar-refractivity contribution >= 4 is 33.4 Å². The zero-order valence-corrected chi connectivity index (χ0v) is 12.4. The molecule has 0 aliphatic heterocycles. The van der Waals surface area contributed by atoms with Crippen LogP contribution >= 0.6 is 27.7 Å².